The number of nitrogens with zero attached hydrogens (tertiary/aromatic N) is 1. The molecule has 0 aliphatic carbocycles. The summed E-state index contributed by atoms with van der Waals surface area (Å²) in [6.45, 7) is 6.85. The van der Waals surface area contributed by atoms with Crippen LogP contribution in [0.25, 0.3) is 0 Å². The highest BCUT2D eigenvalue weighted by molar-refractivity contribution is 5.89. The topological polar surface area (TPSA) is 95.9 Å². The van der Waals surface area contributed by atoms with Crippen LogP contribution in [0.1, 0.15) is 50.3 Å². The average Bonchev–Trinajstić information content (AvgIpc) is 3.27. The van der Waals surface area contributed by atoms with E-state index in [2.05, 4.69) is 26.1 Å². The number of hydrogen-bond acceptors (Lipinski definition) is 4. The second kappa shape index (κ2) is 10.5. The first-order chi connectivity index (χ1) is 15.6. The van der Waals surface area contributed by atoms with E-state index in [9.17, 15) is 19.5 Å². The number of hydrogen-bond donors (Lipinski definition) is 2. The van der Waals surface area contributed by atoms with Gasteiger partial charge in [-0.3, -0.25) is 9.69 Å². The first kappa shape index (κ1) is 24.3. The van der Waals surface area contributed by atoms with Crippen molar-refractivity contribution in [1.29, 1.82) is 0 Å². The van der Waals surface area contributed by atoms with E-state index in [1.54, 1.807) is 0 Å². The maximum Gasteiger partial charge on any atom is 0.410 e. The lowest BCUT2D eigenvalue weighted by Gasteiger charge is -2.25. The standard InChI is InChI=1S/C26H32N2O5/c1-26(2,3)20-13-11-18(12-14-20)16-21(24(30)31)27-23(29)22-10-7-15-28(22)25(32)33-17-19-8-5-4-6-9-19/h4-6,8-9,11-14,21-22H,7,10,15-17H2,1-3H3,(H,27,29)(H,30,31)/t21-,22-/m1/s1. The summed E-state index contributed by atoms with van der Waals surface area (Å²) in [5.41, 5.74) is 2.83. The molecule has 0 unspecified atom stereocenters. The minimum absolute atomic E-state index is 0.00000313. The minimum atomic E-state index is -1.11. The molecule has 2 N–H and O–H groups in total. The number of carboxylic acid groups (broad SMARTS) is 1. The molecule has 1 aliphatic rings. The Morgan fingerprint density at radius 2 is 1.73 bits per heavy atom. The van der Waals surface area contributed by atoms with Crippen LogP contribution in [-0.2, 0) is 32.8 Å². The minimum Gasteiger partial charge on any atom is -0.480 e. The molecule has 176 valence electrons. The van der Waals surface area contributed by atoms with Crippen molar-refractivity contribution in [3.05, 3.63) is 71.3 Å². The van der Waals surface area contributed by atoms with Gasteiger partial charge in [0, 0.05) is 13.0 Å². The van der Waals surface area contributed by atoms with Crippen molar-refractivity contribution >= 4 is 18.0 Å². The molecule has 0 saturated carbocycles. The molecular weight excluding hydrogens is 420 g/mol. The van der Waals surface area contributed by atoms with Gasteiger partial charge in [0.05, 0.1) is 0 Å². The second-order valence-corrected chi connectivity index (χ2v) is 9.44. The maximum atomic E-state index is 12.9. The molecule has 2 aromatic carbocycles. The Balaban J connectivity index is 1.60. The Morgan fingerprint density at radius 1 is 1.06 bits per heavy atom. The molecule has 1 heterocycles. The fourth-order valence-electron chi connectivity index (χ4n) is 3.90. The number of carbonyl (C=O) groups is 3. The molecule has 2 amide bonds. The number of aliphatic carboxylic acids is 1. The monoisotopic (exact) mass is 452 g/mol. The van der Waals surface area contributed by atoms with Gasteiger partial charge in [-0.1, -0.05) is 75.4 Å². The molecule has 2 aromatic rings. The van der Waals surface area contributed by atoms with E-state index >= 15 is 0 Å². The van der Waals surface area contributed by atoms with Gasteiger partial charge in [-0.05, 0) is 34.9 Å². The van der Waals surface area contributed by atoms with Crippen LogP contribution < -0.4 is 5.32 Å². The molecule has 7 heteroatoms. The third-order valence-electron chi connectivity index (χ3n) is 5.87. The summed E-state index contributed by atoms with van der Waals surface area (Å²) in [7, 11) is 0. The number of likely N-dealkylation sites (tertiary alicyclic amines) is 1. The third kappa shape index (κ3) is 6.57. The number of carboxylic acids is 1. The first-order valence-electron chi connectivity index (χ1n) is 11.2. The lowest BCUT2D eigenvalue weighted by atomic mass is 9.86. The van der Waals surface area contributed by atoms with Gasteiger partial charge in [0.1, 0.15) is 18.7 Å². The van der Waals surface area contributed by atoms with Crippen molar-refractivity contribution < 1.29 is 24.2 Å². The Morgan fingerprint density at radius 3 is 2.33 bits per heavy atom. The Hall–Kier alpha value is -3.35. The third-order valence-corrected chi connectivity index (χ3v) is 5.87. The van der Waals surface area contributed by atoms with E-state index < -0.39 is 30.1 Å². The van der Waals surface area contributed by atoms with E-state index in [1.807, 2.05) is 54.6 Å². The molecule has 3 rings (SSSR count). The average molecular weight is 453 g/mol. The summed E-state index contributed by atoms with van der Waals surface area (Å²) in [5.74, 6) is -1.58. The van der Waals surface area contributed by atoms with Gasteiger partial charge in [-0.2, -0.15) is 0 Å². The summed E-state index contributed by atoms with van der Waals surface area (Å²) < 4.78 is 5.37. The summed E-state index contributed by atoms with van der Waals surface area (Å²) in [5, 5.41) is 12.3. The number of benzene rings is 2. The summed E-state index contributed by atoms with van der Waals surface area (Å²) in [4.78, 5) is 38.7. The molecule has 1 saturated heterocycles. The lowest BCUT2D eigenvalue weighted by molar-refractivity contribution is -0.142. The summed E-state index contributed by atoms with van der Waals surface area (Å²) >= 11 is 0. The Bertz CT molecular complexity index is 966. The fourth-order valence-corrected chi connectivity index (χ4v) is 3.90. The van der Waals surface area contributed by atoms with Gasteiger partial charge in [0.25, 0.3) is 0 Å². The second-order valence-electron chi connectivity index (χ2n) is 9.44. The lowest BCUT2D eigenvalue weighted by Crippen LogP contribution is -2.51. The zero-order valence-corrected chi connectivity index (χ0v) is 19.4. The van der Waals surface area contributed by atoms with Crippen LogP contribution in [0.15, 0.2) is 54.6 Å². The smallest absolute Gasteiger partial charge is 0.410 e. The van der Waals surface area contributed by atoms with Crippen molar-refractivity contribution in [3.63, 3.8) is 0 Å². The normalized spacial score (nSPS) is 16.8. The van der Waals surface area contributed by atoms with Crippen LogP contribution in [0.5, 0.6) is 0 Å². The molecule has 0 spiro atoms. The van der Waals surface area contributed by atoms with E-state index in [1.165, 1.54) is 4.90 Å². The van der Waals surface area contributed by atoms with E-state index in [0.717, 1.165) is 16.7 Å². The van der Waals surface area contributed by atoms with Crippen LogP contribution in [0.3, 0.4) is 0 Å². The van der Waals surface area contributed by atoms with Crippen LogP contribution in [0, 0.1) is 0 Å². The van der Waals surface area contributed by atoms with Crippen LogP contribution in [0.2, 0.25) is 0 Å². The highest BCUT2D eigenvalue weighted by Crippen LogP contribution is 2.23. The highest BCUT2D eigenvalue weighted by atomic mass is 16.6. The van der Waals surface area contributed by atoms with E-state index in [4.69, 9.17) is 4.74 Å². The SMILES string of the molecule is CC(C)(C)c1ccc(C[C@@H](NC(=O)[C@H]2CCCN2C(=O)OCc2ccccc2)C(=O)O)cc1. The van der Waals surface area contributed by atoms with Gasteiger partial charge in [-0.15, -0.1) is 0 Å². The predicted molar refractivity (Wildman–Crippen MR) is 125 cm³/mol. The quantitative estimate of drug-likeness (QED) is 0.664. The molecule has 0 aromatic heterocycles. The molecule has 0 radical (unpaired) electrons. The van der Waals surface area contributed by atoms with Gasteiger partial charge in [0.2, 0.25) is 5.91 Å². The van der Waals surface area contributed by atoms with Gasteiger partial charge in [-0.25, -0.2) is 9.59 Å². The van der Waals surface area contributed by atoms with Crippen molar-refractivity contribution in [2.75, 3.05) is 6.54 Å². The zero-order valence-electron chi connectivity index (χ0n) is 19.4. The number of amides is 2. The van der Waals surface area contributed by atoms with E-state index in [0.29, 0.717) is 19.4 Å². The predicted octanol–water partition coefficient (Wildman–Crippen LogP) is 3.90. The van der Waals surface area contributed by atoms with Crippen LogP contribution >= 0.6 is 0 Å². The largest absolute Gasteiger partial charge is 0.480 e. The van der Waals surface area contributed by atoms with Crippen molar-refractivity contribution in [2.24, 2.45) is 0 Å². The Labute approximate surface area is 194 Å². The fraction of sp³-hybridized carbons (Fsp3) is 0.423. The molecule has 7 nitrogen and oxygen atoms in total. The summed E-state index contributed by atoms with van der Waals surface area (Å²) in [6.07, 6.45) is 0.723. The molecule has 1 fully saturated rings. The van der Waals surface area contributed by atoms with Crippen LogP contribution in [0.4, 0.5) is 4.79 Å². The highest BCUT2D eigenvalue weighted by Gasteiger charge is 2.36. The van der Waals surface area contributed by atoms with Crippen molar-refractivity contribution in [2.45, 2.75) is 64.1 Å². The van der Waals surface area contributed by atoms with Gasteiger partial charge >= 0.3 is 12.1 Å². The van der Waals surface area contributed by atoms with Crippen LogP contribution in [-0.4, -0.2) is 46.6 Å². The van der Waals surface area contributed by atoms with Gasteiger partial charge in [0.15, 0.2) is 0 Å². The van der Waals surface area contributed by atoms with E-state index in [-0.39, 0.29) is 18.4 Å². The zero-order chi connectivity index (χ0) is 24.0. The number of nitrogens with one attached hydrogen (secondary N) is 1. The maximum absolute atomic E-state index is 12.9. The molecular formula is C26H32N2O5. The van der Waals surface area contributed by atoms with Crippen molar-refractivity contribution in [1.82, 2.24) is 10.2 Å². The Kier molecular flexibility index (Phi) is 7.74. The molecule has 33 heavy (non-hydrogen) atoms. The number of ether oxygens (including phenoxy) is 1. The molecule has 2 atom stereocenters. The molecule has 1 aliphatic heterocycles. The van der Waals surface area contributed by atoms with Gasteiger partial charge < -0.3 is 15.2 Å². The molecule has 0 bridgehead atoms. The number of rotatable bonds is 7. The van der Waals surface area contributed by atoms with Crippen molar-refractivity contribution in [3.8, 4) is 0 Å². The summed E-state index contributed by atoms with van der Waals surface area (Å²) in [6, 6.07) is 15.2. The number of carbonyl (C=O) groups excluding carboxylic acids is 2. The first-order valence-corrected chi connectivity index (χ1v) is 11.2.